The molecule has 2 heterocycles. The number of hydrogen-bond acceptors (Lipinski definition) is 3. The van der Waals surface area contributed by atoms with Gasteiger partial charge < -0.3 is 4.98 Å². The normalized spacial score (nSPS) is 10.9. The highest BCUT2D eigenvalue weighted by molar-refractivity contribution is 7.98. The maximum Gasteiger partial charge on any atom is 0.178 e. The van der Waals surface area contributed by atoms with Crippen LogP contribution in [0.1, 0.15) is 5.56 Å². The summed E-state index contributed by atoms with van der Waals surface area (Å²) < 4.78 is 0. The molecule has 0 saturated heterocycles. The summed E-state index contributed by atoms with van der Waals surface area (Å²) >= 11 is 7.74. The molecule has 0 radical (unpaired) electrons. The Bertz CT molecular complexity index is 648. The van der Waals surface area contributed by atoms with E-state index in [0.29, 0.717) is 0 Å². The maximum atomic E-state index is 6.11. The summed E-state index contributed by atoms with van der Waals surface area (Å²) in [5, 5.41) is 1.66. The Labute approximate surface area is 114 Å². The van der Waals surface area contributed by atoms with Gasteiger partial charge in [0.15, 0.2) is 10.8 Å². The average molecular weight is 276 g/mol. The summed E-state index contributed by atoms with van der Waals surface area (Å²) in [4.78, 5) is 11.8. The second-order valence-electron chi connectivity index (χ2n) is 3.80. The van der Waals surface area contributed by atoms with E-state index in [2.05, 4.69) is 15.0 Å². The van der Waals surface area contributed by atoms with Gasteiger partial charge in [-0.1, -0.05) is 41.6 Å². The molecule has 1 aromatic carbocycles. The van der Waals surface area contributed by atoms with E-state index in [4.69, 9.17) is 11.6 Å². The highest BCUT2D eigenvalue weighted by Gasteiger charge is 2.05. The fourth-order valence-electron chi connectivity index (χ4n) is 1.65. The zero-order valence-electron chi connectivity index (χ0n) is 9.43. The molecule has 3 rings (SSSR count). The Morgan fingerprint density at radius 1 is 1.17 bits per heavy atom. The number of hydrogen-bond donors (Lipinski definition) is 1. The highest BCUT2D eigenvalue weighted by atomic mass is 35.5. The topological polar surface area (TPSA) is 41.6 Å². The number of thioether (sulfide) groups is 1. The Morgan fingerprint density at radius 2 is 2.06 bits per heavy atom. The predicted molar refractivity (Wildman–Crippen MR) is 74.9 cm³/mol. The van der Waals surface area contributed by atoms with Gasteiger partial charge in [0.05, 0.1) is 5.52 Å². The number of aromatic amines is 1. The number of halogens is 1. The van der Waals surface area contributed by atoms with Crippen LogP contribution in [-0.2, 0) is 5.75 Å². The van der Waals surface area contributed by atoms with Crippen LogP contribution in [0.15, 0.2) is 47.8 Å². The maximum absolute atomic E-state index is 6.11. The summed E-state index contributed by atoms with van der Waals surface area (Å²) in [6, 6.07) is 11.7. The van der Waals surface area contributed by atoms with Gasteiger partial charge in [0.2, 0.25) is 0 Å². The van der Waals surface area contributed by atoms with Crippen LogP contribution in [0.25, 0.3) is 11.2 Å². The molecule has 0 spiro atoms. The third-order valence-electron chi connectivity index (χ3n) is 2.56. The molecule has 0 aliphatic carbocycles. The lowest BCUT2D eigenvalue weighted by Crippen LogP contribution is -1.83. The molecular weight excluding hydrogens is 266 g/mol. The smallest absolute Gasteiger partial charge is 0.178 e. The van der Waals surface area contributed by atoms with Crippen LogP contribution >= 0.6 is 23.4 Å². The lowest BCUT2D eigenvalue weighted by Gasteiger charge is -2.01. The summed E-state index contributed by atoms with van der Waals surface area (Å²) in [6.45, 7) is 0. The van der Waals surface area contributed by atoms with Crippen molar-refractivity contribution in [1.29, 1.82) is 0 Å². The second kappa shape index (κ2) is 5.00. The minimum absolute atomic E-state index is 0.749. The van der Waals surface area contributed by atoms with Crippen LogP contribution in [0.3, 0.4) is 0 Å². The highest BCUT2D eigenvalue weighted by Crippen LogP contribution is 2.25. The van der Waals surface area contributed by atoms with Gasteiger partial charge in [-0.2, -0.15) is 0 Å². The monoisotopic (exact) mass is 275 g/mol. The molecule has 0 aliphatic rings. The molecule has 0 atom stereocenters. The van der Waals surface area contributed by atoms with Crippen molar-refractivity contribution in [2.75, 3.05) is 0 Å². The third kappa shape index (κ3) is 2.35. The van der Waals surface area contributed by atoms with Crippen molar-refractivity contribution < 1.29 is 0 Å². The van der Waals surface area contributed by atoms with E-state index in [1.54, 1.807) is 18.0 Å². The molecule has 0 fully saturated rings. The number of nitrogens with one attached hydrogen (secondary N) is 1. The molecule has 0 amide bonds. The summed E-state index contributed by atoms with van der Waals surface area (Å²) in [5.41, 5.74) is 2.82. The number of H-pyrrole nitrogens is 1. The van der Waals surface area contributed by atoms with Gasteiger partial charge in [-0.05, 0) is 23.8 Å². The average Bonchev–Trinajstić information content (AvgIpc) is 2.80. The van der Waals surface area contributed by atoms with Crippen molar-refractivity contribution >= 4 is 34.5 Å². The zero-order chi connectivity index (χ0) is 12.4. The van der Waals surface area contributed by atoms with Crippen LogP contribution in [0.5, 0.6) is 0 Å². The number of fused-ring (bicyclic) bond motifs is 1. The molecule has 18 heavy (non-hydrogen) atoms. The van der Waals surface area contributed by atoms with E-state index in [1.165, 1.54) is 0 Å². The number of aromatic nitrogens is 3. The van der Waals surface area contributed by atoms with E-state index in [1.807, 2.05) is 36.4 Å². The standard InChI is InChI=1S/C13H10ClN3S/c14-10-5-2-1-4-9(10)8-18-13-16-11-6-3-7-15-12(11)17-13/h1-7H,8H2,(H,15,16,17). The van der Waals surface area contributed by atoms with E-state index in [0.717, 1.165) is 32.7 Å². The number of benzene rings is 1. The Hall–Kier alpha value is -1.52. The van der Waals surface area contributed by atoms with E-state index in [9.17, 15) is 0 Å². The molecule has 3 aromatic rings. The third-order valence-corrected chi connectivity index (χ3v) is 3.85. The Morgan fingerprint density at radius 3 is 2.89 bits per heavy atom. The molecule has 0 aliphatic heterocycles. The number of rotatable bonds is 3. The van der Waals surface area contributed by atoms with Crippen LogP contribution < -0.4 is 0 Å². The first-order valence-electron chi connectivity index (χ1n) is 5.50. The van der Waals surface area contributed by atoms with Gasteiger partial charge in [0, 0.05) is 17.0 Å². The molecule has 90 valence electrons. The SMILES string of the molecule is Clc1ccccc1CSc1nc2ncccc2[nH]1. The van der Waals surface area contributed by atoms with E-state index < -0.39 is 0 Å². The van der Waals surface area contributed by atoms with Crippen molar-refractivity contribution in [3.8, 4) is 0 Å². The van der Waals surface area contributed by atoms with Gasteiger partial charge in [-0.25, -0.2) is 9.97 Å². The molecule has 5 heteroatoms. The van der Waals surface area contributed by atoms with Crippen molar-refractivity contribution in [3.05, 3.63) is 53.2 Å². The summed E-state index contributed by atoms with van der Waals surface area (Å²) in [6.07, 6.45) is 1.74. The largest absolute Gasteiger partial charge is 0.332 e. The molecule has 0 unspecified atom stereocenters. The molecular formula is C13H10ClN3S. The molecule has 3 nitrogen and oxygen atoms in total. The van der Waals surface area contributed by atoms with Gasteiger partial charge in [0.1, 0.15) is 0 Å². The predicted octanol–water partition coefficient (Wildman–Crippen LogP) is 3.90. The zero-order valence-corrected chi connectivity index (χ0v) is 11.0. The lowest BCUT2D eigenvalue weighted by atomic mass is 10.2. The van der Waals surface area contributed by atoms with Gasteiger partial charge in [-0.15, -0.1) is 0 Å². The Kier molecular flexibility index (Phi) is 3.21. The minimum Gasteiger partial charge on any atom is -0.332 e. The number of pyridine rings is 1. The lowest BCUT2D eigenvalue weighted by molar-refractivity contribution is 1.07. The van der Waals surface area contributed by atoms with E-state index >= 15 is 0 Å². The second-order valence-corrected chi connectivity index (χ2v) is 5.17. The molecule has 2 aromatic heterocycles. The molecule has 0 bridgehead atoms. The van der Waals surface area contributed by atoms with Crippen LogP contribution in [0, 0.1) is 0 Å². The number of imidazole rings is 1. The van der Waals surface area contributed by atoms with Crippen molar-refractivity contribution in [3.63, 3.8) is 0 Å². The summed E-state index contributed by atoms with van der Waals surface area (Å²) in [7, 11) is 0. The van der Waals surface area contributed by atoms with Crippen LogP contribution in [0.4, 0.5) is 0 Å². The number of nitrogens with zero attached hydrogens (tertiary/aromatic N) is 2. The van der Waals surface area contributed by atoms with Crippen LogP contribution in [-0.4, -0.2) is 15.0 Å². The first-order chi connectivity index (χ1) is 8.83. The minimum atomic E-state index is 0.749. The molecule has 1 N–H and O–H groups in total. The first-order valence-corrected chi connectivity index (χ1v) is 6.86. The van der Waals surface area contributed by atoms with Crippen molar-refractivity contribution in [1.82, 2.24) is 15.0 Å². The van der Waals surface area contributed by atoms with Gasteiger partial charge in [-0.3, -0.25) is 0 Å². The van der Waals surface area contributed by atoms with E-state index in [-0.39, 0.29) is 0 Å². The fourth-order valence-corrected chi connectivity index (χ4v) is 2.81. The summed E-state index contributed by atoms with van der Waals surface area (Å²) in [5.74, 6) is 0.791. The van der Waals surface area contributed by atoms with Gasteiger partial charge >= 0.3 is 0 Å². The fraction of sp³-hybridized carbons (Fsp3) is 0.0769. The first kappa shape index (κ1) is 11.6. The molecule has 0 saturated carbocycles. The van der Waals surface area contributed by atoms with Crippen LogP contribution in [0.2, 0.25) is 5.02 Å². The Balaban J connectivity index is 1.79. The van der Waals surface area contributed by atoms with Gasteiger partial charge in [0.25, 0.3) is 0 Å². The van der Waals surface area contributed by atoms with Crippen molar-refractivity contribution in [2.45, 2.75) is 10.9 Å². The quantitative estimate of drug-likeness (QED) is 0.737. The van der Waals surface area contributed by atoms with Crippen molar-refractivity contribution in [2.24, 2.45) is 0 Å².